The van der Waals surface area contributed by atoms with Crippen LogP contribution in [0.3, 0.4) is 0 Å². The number of unbranched alkanes of at least 4 members (excludes halogenated alkanes) is 24. The second-order valence-electron chi connectivity index (χ2n) is 16.0. The molecular weight excluding hydrogens is 709 g/mol. The van der Waals surface area contributed by atoms with Gasteiger partial charge in [-0.25, -0.2) is 0 Å². The Morgan fingerprint density at radius 1 is 0.351 bits per heavy atom. The van der Waals surface area contributed by atoms with Crippen LogP contribution in [0.15, 0.2) is 48.6 Å². The van der Waals surface area contributed by atoms with E-state index in [0.29, 0.717) is 19.3 Å². The number of carbonyl (C=O) groups excluding carboxylic acids is 3. The number of ether oxygens (including phenoxy) is 3. The highest BCUT2D eigenvalue weighted by Gasteiger charge is 2.19. The maximum absolute atomic E-state index is 12.7. The Hall–Kier alpha value is -2.63. The minimum absolute atomic E-state index is 0.0822. The van der Waals surface area contributed by atoms with E-state index in [1.807, 2.05) is 0 Å². The van der Waals surface area contributed by atoms with Crippen LogP contribution in [0.4, 0.5) is 0 Å². The molecule has 330 valence electrons. The fraction of sp³-hybridized carbons (Fsp3) is 0.784. The van der Waals surface area contributed by atoms with Gasteiger partial charge in [-0.2, -0.15) is 0 Å². The monoisotopic (exact) mass is 799 g/mol. The van der Waals surface area contributed by atoms with Crippen LogP contribution in [0, 0.1) is 0 Å². The van der Waals surface area contributed by atoms with Crippen molar-refractivity contribution < 1.29 is 28.6 Å². The molecule has 0 aromatic rings. The number of hydrogen-bond donors (Lipinski definition) is 0. The number of allylic oxidation sites excluding steroid dienone is 8. The van der Waals surface area contributed by atoms with Crippen molar-refractivity contribution in [1.82, 2.24) is 0 Å². The van der Waals surface area contributed by atoms with Gasteiger partial charge in [-0.05, 0) is 77.0 Å². The summed E-state index contributed by atoms with van der Waals surface area (Å²) in [7, 11) is 0. The fourth-order valence-electron chi connectivity index (χ4n) is 6.61. The van der Waals surface area contributed by atoms with Crippen LogP contribution in [0.25, 0.3) is 0 Å². The standard InChI is InChI=1S/C51H90O6/c1-4-7-10-13-16-19-22-23-24-25-26-27-30-32-35-38-41-44-50(53)56-47-48(57-51(54)45-42-39-36-33-29-21-18-15-12-9-6-3)46-55-49(52)43-40-37-34-31-28-20-17-14-11-8-5-2/h15-16,18-19,23-24,26-27,48H,4-14,17,20-22,25,28-47H2,1-3H3/b18-15-,19-16-,24-23-,27-26-/t48-/m0/s1. The highest BCUT2D eigenvalue weighted by molar-refractivity contribution is 5.71. The van der Waals surface area contributed by atoms with E-state index in [-0.39, 0.29) is 31.1 Å². The molecule has 0 aliphatic heterocycles. The quantitative estimate of drug-likeness (QED) is 0.0265. The van der Waals surface area contributed by atoms with Crippen molar-refractivity contribution in [3.63, 3.8) is 0 Å². The van der Waals surface area contributed by atoms with E-state index in [9.17, 15) is 14.4 Å². The molecule has 0 spiro atoms. The van der Waals surface area contributed by atoms with E-state index in [4.69, 9.17) is 14.2 Å². The minimum Gasteiger partial charge on any atom is -0.462 e. The van der Waals surface area contributed by atoms with E-state index < -0.39 is 6.10 Å². The second kappa shape index (κ2) is 46.1. The SMILES string of the molecule is CCCC/C=C\CCCCCCCC(=O)O[C@H](COC(=O)CCCCCC/C=C\C/C=C\C/C=C\CCCCC)COC(=O)CCCCCCCCCCCCC. The third-order valence-electron chi connectivity index (χ3n) is 10.3. The van der Waals surface area contributed by atoms with Gasteiger partial charge in [0.2, 0.25) is 0 Å². The van der Waals surface area contributed by atoms with Crippen LogP contribution in [0.2, 0.25) is 0 Å². The first kappa shape index (κ1) is 54.4. The molecule has 0 N–H and O–H groups in total. The summed E-state index contributed by atoms with van der Waals surface area (Å²) in [5.74, 6) is -0.913. The molecule has 1 atom stereocenters. The van der Waals surface area contributed by atoms with Crippen molar-refractivity contribution in [2.75, 3.05) is 13.2 Å². The first-order valence-corrected chi connectivity index (χ1v) is 24.1. The number of hydrogen-bond acceptors (Lipinski definition) is 6. The Morgan fingerprint density at radius 2 is 0.649 bits per heavy atom. The predicted molar refractivity (Wildman–Crippen MR) is 242 cm³/mol. The van der Waals surface area contributed by atoms with Crippen LogP contribution in [-0.4, -0.2) is 37.2 Å². The third-order valence-corrected chi connectivity index (χ3v) is 10.3. The first-order chi connectivity index (χ1) is 28.0. The normalized spacial score (nSPS) is 12.4. The van der Waals surface area contributed by atoms with Crippen LogP contribution in [0.1, 0.15) is 239 Å². The van der Waals surface area contributed by atoms with Crippen molar-refractivity contribution in [1.29, 1.82) is 0 Å². The number of carbonyl (C=O) groups is 3. The molecule has 0 aliphatic carbocycles. The highest BCUT2D eigenvalue weighted by atomic mass is 16.6. The zero-order chi connectivity index (χ0) is 41.5. The van der Waals surface area contributed by atoms with Gasteiger partial charge in [0.1, 0.15) is 13.2 Å². The lowest BCUT2D eigenvalue weighted by Crippen LogP contribution is -2.30. The summed E-state index contributed by atoms with van der Waals surface area (Å²) in [6.45, 7) is 6.53. The Bertz CT molecular complexity index is 1010. The molecule has 0 radical (unpaired) electrons. The van der Waals surface area contributed by atoms with Crippen LogP contribution in [0.5, 0.6) is 0 Å². The van der Waals surface area contributed by atoms with Gasteiger partial charge in [-0.3, -0.25) is 14.4 Å². The highest BCUT2D eigenvalue weighted by Crippen LogP contribution is 2.14. The third kappa shape index (κ3) is 44.3. The lowest BCUT2D eigenvalue weighted by atomic mass is 10.1. The minimum atomic E-state index is -0.782. The van der Waals surface area contributed by atoms with Crippen LogP contribution >= 0.6 is 0 Å². The van der Waals surface area contributed by atoms with Gasteiger partial charge in [0.05, 0.1) is 0 Å². The molecular formula is C51H90O6. The van der Waals surface area contributed by atoms with Crippen molar-refractivity contribution in [2.45, 2.75) is 245 Å². The van der Waals surface area contributed by atoms with Gasteiger partial charge >= 0.3 is 17.9 Å². The number of rotatable bonds is 43. The average molecular weight is 799 g/mol. The van der Waals surface area contributed by atoms with Gasteiger partial charge in [0.15, 0.2) is 6.10 Å². The van der Waals surface area contributed by atoms with Gasteiger partial charge in [-0.15, -0.1) is 0 Å². The summed E-state index contributed by atoms with van der Waals surface area (Å²) < 4.78 is 16.7. The summed E-state index contributed by atoms with van der Waals surface area (Å²) in [5.41, 5.74) is 0. The zero-order valence-electron chi connectivity index (χ0n) is 37.6. The summed E-state index contributed by atoms with van der Waals surface area (Å²) in [6, 6.07) is 0. The molecule has 0 bridgehead atoms. The molecule has 0 heterocycles. The lowest BCUT2D eigenvalue weighted by Gasteiger charge is -2.18. The smallest absolute Gasteiger partial charge is 0.306 e. The summed E-state index contributed by atoms with van der Waals surface area (Å²) in [4.78, 5) is 37.8. The van der Waals surface area contributed by atoms with E-state index in [2.05, 4.69) is 69.4 Å². The maximum Gasteiger partial charge on any atom is 0.306 e. The van der Waals surface area contributed by atoms with Crippen LogP contribution < -0.4 is 0 Å². The Labute approximate surface area is 352 Å². The van der Waals surface area contributed by atoms with E-state index >= 15 is 0 Å². The van der Waals surface area contributed by atoms with E-state index in [0.717, 1.165) is 96.3 Å². The molecule has 0 unspecified atom stereocenters. The molecule has 0 fully saturated rings. The van der Waals surface area contributed by atoms with E-state index in [1.165, 1.54) is 103 Å². The first-order valence-electron chi connectivity index (χ1n) is 24.1. The van der Waals surface area contributed by atoms with Crippen molar-refractivity contribution >= 4 is 17.9 Å². The van der Waals surface area contributed by atoms with Crippen LogP contribution in [-0.2, 0) is 28.6 Å². The number of esters is 3. The molecule has 0 saturated heterocycles. The molecule has 6 nitrogen and oxygen atoms in total. The molecule has 6 heteroatoms. The zero-order valence-corrected chi connectivity index (χ0v) is 37.6. The van der Waals surface area contributed by atoms with E-state index in [1.54, 1.807) is 0 Å². The molecule has 0 aromatic heterocycles. The Balaban J connectivity index is 4.39. The van der Waals surface area contributed by atoms with Gasteiger partial charge in [-0.1, -0.05) is 191 Å². The molecule has 57 heavy (non-hydrogen) atoms. The molecule has 0 amide bonds. The van der Waals surface area contributed by atoms with Crippen molar-refractivity contribution in [3.8, 4) is 0 Å². The van der Waals surface area contributed by atoms with Crippen molar-refractivity contribution in [2.24, 2.45) is 0 Å². The topological polar surface area (TPSA) is 78.9 Å². The maximum atomic E-state index is 12.7. The summed E-state index contributed by atoms with van der Waals surface area (Å²) >= 11 is 0. The van der Waals surface area contributed by atoms with Gasteiger partial charge < -0.3 is 14.2 Å². The molecule has 0 aromatic carbocycles. The van der Waals surface area contributed by atoms with Gasteiger partial charge in [0.25, 0.3) is 0 Å². The van der Waals surface area contributed by atoms with Gasteiger partial charge in [0, 0.05) is 19.3 Å². The predicted octanol–water partition coefficient (Wildman–Crippen LogP) is 15.5. The molecule has 0 saturated carbocycles. The second-order valence-corrected chi connectivity index (χ2v) is 16.0. The Morgan fingerprint density at radius 3 is 1.09 bits per heavy atom. The largest absolute Gasteiger partial charge is 0.462 e. The lowest BCUT2D eigenvalue weighted by molar-refractivity contribution is -0.167. The average Bonchev–Trinajstić information content (AvgIpc) is 3.21. The fourth-order valence-corrected chi connectivity index (χ4v) is 6.61. The van der Waals surface area contributed by atoms with Crippen molar-refractivity contribution in [3.05, 3.63) is 48.6 Å². The molecule has 0 aliphatic rings. The Kier molecular flexibility index (Phi) is 43.9. The summed E-state index contributed by atoms with van der Waals surface area (Å²) in [5, 5.41) is 0. The summed E-state index contributed by atoms with van der Waals surface area (Å²) in [6.07, 6.45) is 53.7. The molecule has 0 rings (SSSR count).